The predicted molar refractivity (Wildman–Crippen MR) is 316 cm³/mol. The molecule has 0 bridgehead atoms. The Hall–Kier alpha value is -0.840. The van der Waals surface area contributed by atoms with Gasteiger partial charge in [0.15, 0.2) is 37.7 Å². The smallest absolute Gasteiger partial charge is 0.726 e. The molecule has 0 aromatic carbocycles. The molecule has 0 spiro atoms. The van der Waals surface area contributed by atoms with E-state index >= 15 is 0 Å². The summed E-state index contributed by atoms with van der Waals surface area (Å²) in [7, 11) is -5.17. The Morgan fingerprint density at radius 1 is 0.588 bits per heavy atom. The third-order valence-corrected chi connectivity index (χ3v) is 22.9. The standard InChI is InChI=1S/C62H102O33S.Na/c1-22(2)15-26(65)18-62(8,79)36-10-9-29-28-17-32(31-16-27(95-96(80,81)82)11-13-60(31,6)30(28)12-14-61(29,36)7)87-56-48(77)51(39(68)24(4)85-56)92-58-52(93-54-46(75)43(72)37(66)23(3)84-54)42(71)35(21-83-58)90-59-53(45(74)41(70)34(20-64)89-59)94-57-49(78)50(38(67)25(5)86-57)91-55-47(76)44(73)40(69)33(19-63)88-55;/h12,22-25,27-29,31-59,63-64,66-79H,9-11,13-21H2,1-8H3,(H,80,81,82);/q;+1/p-1/t23?,24?,25?,27-,28?,29?,31?,32-,33?,34?,35?,36-,37?,38?,39?,40?,41?,42?,43?,44?,45?,46?,47?,48?,49?,50?,51?,52?,53?,54?,55?,56?,57?,58?,59?,60+,61-,62?;/m0./s1. The predicted octanol–water partition coefficient (Wildman–Crippen LogP) is -8.19. The van der Waals surface area contributed by atoms with Crippen LogP contribution in [0.1, 0.15) is 113 Å². The van der Waals surface area contributed by atoms with E-state index in [1.165, 1.54) is 20.8 Å². The molecular formula is C62H101NaO33S. The number of carbonyl (C=O) groups excluding carboxylic acids is 1. The zero-order valence-electron chi connectivity index (χ0n) is 55.9. The van der Waals surface area contributed by atoms with Gasteiger partial charge < -0.3 is 143 Å². The van der Waals surface area contributed by atoms with Gasteiger partial charge in [-0.25, -0.2) is 8.42 Å². The normalized spacial score (nSPS) is 51.1. The van der Waals surface area contributed by atoms with Crippen LogP contribution in [0.15, 0.2) is 11.6 Å². The Labute approximate surface area is 584 Å². The monoisotopic (exact) mass is 1430 g/mol. The Morgan fingerprint density at radius 2 is 1.07 bits per heavy atom. The van der Waals surface area contributed by atoms with Gasteiger partial charge in [-0.1, -0.05) is 39.3 Å². The summed E-state index contributed by atoms with van der Waals surface area (Å²) in [5.41, 5.74) is -1.41. The van der Waals surface area contributed by atoms with Crippen molar-refractivity contribution in [3.8, 4) is 0 Å². The van der Waals surface area contributed by atoms with Crippen LogP contribution in [-0.2, 0) is 76.2 Å². The third kappa shape index (κ3) is 16.3. The summed E-state index contributed by atoms with van der Waals surface area (Å²) in [4.78, 5) is 13.3. The van der Waals surface area contributed by atoms with E-state index in [9.17, 15) is 99.5 Å². The zero-order valence-corrected chi connectivity index (χ0v) is 58.7. The molecule has 0 aromatic rings. The first-order chi connectivity index (χ1) is 44.9. The van der Waals surface area contributed by atoms with Crippen molar-refractivity contribution in [2.75, 3.05) is 19.8 Å². The second kappa shape index (κ2) is 31.7. The van der Waals surface area contributed by atoms with Crippen molar-refractivity contribution in [2.45, 2.75) is 309 Å². The first-order valence-corrected chi connectivity index (χ1v) is 34.7. The van der Waals surface area contributed by atoms with Crippen LogP contribution in [-0.4, -0.2) is 316 Å². The fourth-order valence-corrected chi connectivity index (χ4v) is 17.7. The van der Waals surface area contributed by atoms with Crippen LogP contribution < -0.4 is 29.6 Å². The summed E-state index contributed by atoms with van der Waals surface area (Å²) in [6, 6.07) is 0. The fourth-order valence-electron chi connectivity index (χ4n) is 17.2. The maximum absolute atomic E-state index is 13.3. The Morgan fingerprint density at radius 3 is 1.64 bits per heavy atom. The number of Topliss-reactive ketones (excluding diaryl/α,β-unsaturated/α-hetero) is 1. The van der Waals surface area contributed by atoms with E-state index in [0.717, 1.165) is 5.57 Å². The Bertz CT molecular complexity index is 2760. The minimum Gasteiger partial charge on any atom is -0.726 e. The average Bonchev–Trinajstić information content (AvgIpc) is 1.69. The molecular weight excluding hydrogens is 1330 g/mol. The van der Waals surface area contributed by atoms with Crippen molar-refractivity contribution in [1.29, 1.82) is 0 Å². The van der Waals surface area contributed by atoms with Crippen LogP contribution in [0.4, 0.5) is 0 Å². The van der Waals surface area contributed by atoms with Crippen LogP contribution >= 0.6 is 0 Å². The molecule has 0 amide bonds. The van der Waals surface area contributed by atoms with E-state index in [-0.39, 0.29) is 84.7 Å². The maximum Gasteiger partial charge on any atom is 1.00 e. The number of allylic oxidation sites excluding steroid dienone is 2. The van der Waals surface area contributed by atoms with Gasteiger partial charge in [0.2, 0.25) is 10.4 Å². The molecule has 0 radical (unpaired) electrons. The number of aliphatic hydroxyl groups is 16. The molecule has 35 heteroatoms. The molecule has 38 atom stereocenters. The van der Waals surface area contributed by atoms with E-state index in [1.54, 1.807) is 6.92 Å². The average molecular weight is 1430 g/mol. The van der Waals surface area contributed by atoms with Gasteiger partial charge in [0.05, 0.1) is 55.9 Å². The quantitative estimate of drug-likeness (QED) is 0.0220. The first kappa shape index (κ1) is 80.3. The molecule has 4 aliphatic carbocycles. The Balaban J connectivity index is 0.0000110. The number of fused-ring (bicyclic) bond motifs is 5. The second-order valence-corrected chi connectivity index (χ2v) is 30.5. The van der Waals surface area contributed by atoms with Crippen molar-refractivity contribution in [1.82, 2.24) is 0 Å². The molecule has 33 unspecified atom stereocenters. The van der Waals surface area contributed by atoms with Gasteiger partial charge in [-0.2, -0.15) is 0 Å². The largest absolute Gasteiger partial charge is 1.00 e. The van der Waals surface area contributed by atoms with Gasteiger partial charge >= 0.3 is 29.6 Å². The van der Waals surface area contributed by atoms with E-state index < -0.39 is 243 Å². The van der Waals surface area contributed by atoms with Gasteiger partial charge in [0.25, 0.3) is 0 Å². The zero-order chi connectivity index (χ0) is 70.3. The molecule has 6 aliphatic heterocycles. The van der Waals surface area contributed by atoms with Gasteiger partial charge in [-0.15, -0.1) is 0 Å². The summed E-state index contributed by atoms with van der Waals surface area (Å²) >= 11 is 0. The number of hydrogen-bond acceptors (Lipinski definition) is 33. The van der Waals surface area contributed by atoms with Crippen LogP contribution in [0.25, 0.3) is 0 Å². The molecule has 3 saturated carbocycles. The number of ether oxygens (including phenoxy) is 12. The topological polar surface area (TPSA) is 518 Å². The molecule has 0 aromatic heterocycles. The molecule has 554 valence electrons. The number of aliphatic hydroxyl groups excluding tert-OH is 15. The molecule has 33 nitrogen and oxygen atoms in total. The SMILES string of the molecule is CC(C)CC(=O)CC(C)(O)[C@H]1CCC2C3C[C@H](OC4OC(C)C(O)C(OC5OCC(OC6OC(CO)C(O)C(O)C6OC6OC(C)C(O)C(OC7OC(CO)C(O)C(O)C7O)C6O)C(O)C5OC5OC(C)C(O)C(O)C5O)C4O)C4C[C@@H](OS(=O)(=O)[O-])CC[C@]4(C)C3=CC[C@@]21C.[Na+]. The minimum atomic E-state index is -5.17. The van der Waals surface area contributed by atoms with Crippen LogP contribution in [0, 0.1) is 40.4 Å². The number of ketones is 1. The van der Waals surface area contributed by atoms with E-state index in [1.807, 2.05) is 20.8 Å². The van der Waals surface area contributed by atoms with Crippen LogP contribution in [0.5, 0.6) is 0 Å². The summed E-state index contributed by atoms with van der Waals surface area (Å²) < 4.78 is 114. The molecule has 10 rings (SSSR count). The second-order valence-electron chi connectivity index (χ2n) is 29.5. The van der Waals surface area contributed by atoms with Gasteiger partial charge in [-0.05, 0) is 113 Å². The van der Waals surface area contributed by atoms with Crippen molar-refractivity contribution in [2.24, 2.45) is 40.4 Å². The third-order valence-electron chi connectivity index (χ3n) is 22.4. The minimum absolute atomic E-state index is 0. The van der Waals surface area contributed by atoms with E-state index in [4.69, 9.17) is 61.0 Å². The summed E-state index contributed by atoms with van der Waals surface area (Å²) in [5, 5.41) is 179. The molecule has 9 fully saturated rings. The summed E-state index contributed by atoms with van der Waals surface area (Å²) in [6.45, 7) is 11.4. The molecule has 10 aliphatic rings. The molecule has 16 N–H and O–H groups in total. The number of hydrogen-bond donors (Lipinski definition) is 16. The fraction of sp³-hybridized carbons (Fsp3) is 0.952. The van der Waals surface area contributed by atoms with Gasteiger partial charge in [0, 0.05) is 12.8 Å². The van der Waals surface area contributed by atoms with E-state index in [0.29, 0.717) is 32.1 Å². The van der Waals surface area contributed by atoms with Gasteiger partial charge in [0.1, 0.15) is 128 Å². The van der Waals surface area contributed by atoms with Gasteiger partial charge in [-0.3, -0.25) is 8.98 Å². The molecule has 6 heterocycles. The van der Waals surface area contributed by atoms with Crippen LogP contribution in [0.2, 0.25) is 0 Å². The van der Waals surface area contributed by atoms with Crippen molar-refractivity contribution in [3.63, 3.8) is 0 Å². The summed E-state index contributed by atoms with van der Waals surface area (Å²) in [6.07, 6.45) is -49.0. The number of carbonyl (C=O) groups is 1. The van der Waals surface area contributed by atoms with Crippen molar-refractivity contribution >= 4 is 16.2 Å². The van der Waals surface area contributed by atoms with Crippen LogP contribution in [0.3, 0.4) is 0 Å². The maximum atomic E-state index is 13.3. The first-order valence-electron chi connectivity index (χ1n) is 33.4. The Kier molecular flexibility index (Phi) is 26.2. The van der Waals surface area contributed by atoms with Crippen molar-refractivity contribution < 1.29 is 190 Å². The van der Waals surface area contributed by atoms with E-state index in [2.05, 4.69) is 13.0 Å². The summed E-state index contributed by atoms with van der Waals surface area (Å²) in [5.74, 6) is -1.01. The molecule has 6 saturated heterocycles. The molecule has 97 heavy (non-hydrogen) atoms. The van der Waals surface area contributed by atoms with Crippen molar-refractivity contribution in [3.05, 3.63) is 11.6 Å². The number of rotatable bonds is 21.